The van der Waals surface area contributed by atoms with E-state index in [0.29, 0.717) is 0 Å². The first-order valence-corrected chi connectivity index (χ1v) is 11.1. The van der Waals surface area contributed by atoms with E-state index in [-0.39, 0.29) is 0 Å². The molecular weight excluding hydrogens is 380 g/mol. The van der Waals surface area contributed by atoms with Crippen molar-refractivity contribution in [1.82, 2.24) is 9.97 Å². The second kappa shape index (κ2) is 6.80. The Balaban J connectivity index is 1.58. The summed E-state index contributed by atoms with van der Waals surface area (Å²) in [6.07, 6.45) is 1.00. The van der Waals surface area contributed by atoms with Gasteiger partial charge in [-0.25, -0.2) is 9.97 Å². The molecule has 0 spiro atoms. The zero-order chi connectivity index (χ0) is 19.3. The summed E-state index contributed by atoms with van der Waals surface area (Å²) >= 11 is 3.59. The zero-order valence-electron chi connectivity index (χ0n) is 16.1. The van der Waals surface area contributed by atoms with E-state index in [9.17, 15) is 0 Å². The molecule has 0 fully saturated rings. The van der Waals surface area contributed by atoms with E-state index in [2.05, 4.69) is 80.4 Å². The third-order valence-electron chi connectivity index (χ3n) is 5.11. The molecule has 0 amide bonds. The highest BCUT2D eigenvalue weighted by Crippen LogP contribution is 2.38. The van der Waals surface area contributed by atoms with Crippen molar-refractivity contribution in [3.63, 3.8) is 0 Å². The number of hydrogen-bond acceptors (Lipinski definition) is 4. The molecule has 5 aromatic rings. The summed E-state index contributed by atoms with van der Waals surface area (Å²) in [6, 6.07) is 19.6. The van der Waals surface area contributed by atoms with Crippen molar-refractivity contribution < 1.29 is 0 Å². The third kappa shape index (κ3) is 2.93. The Hall–Kier alpha value is -2.56. The van der Waals surface area contributed by atoms with Crippen molar-refractivity contribution in [3.05, 3.63) is 70.7 Å². The molecule has 0 atom stereocenters. The van der Waals surface area contributed by atoms with Crippen LogP contribution < -0.4 is 0 Å². The molecule has 2 nitrogen and oxygen atoms in total. The fraction of sp³-hybridized carbons (Fsp3) is 0.167. The quantitative estimate of drug-likeness (QED) is 0.315. The van der Waals surface area contributed by atoms with Gasteiger partial charge in [0.05, 0.1) is 25.4 Å². The molecule has 0 aliphatic rings. The van der Waals surface area contributed by atoms with E-state index in [1.165, 1.54) is 37.2 Å². The highest BCUT2D eigenvalue weighted by molar-refractivity contribution is 7.23. The van der Waals surface area contributed by atoms with Gasteiger partial charge in [-0.05, 0) is 43.0 Å². The Morgan fingerprint density at radius 3 is 1.96 bits per heavy atom. The Kier molecular flexibility index (Phi) is 4.26. The highest BCUT2D eigenvalue weighted by Gasteiger charge is 2.15. The Morgan fingerprint density at radius 1 is 0.714 bits per heavy atom. The summed E-state index contributed by atoms with van der Waals surface area (Å²) in [4.78, 5) is 9.64. The fourth-order valence-electron chi connectivity index (χ4n) is 3.63. The number of rotatable bonds is 3. The van der Waals surface area contributed by atoms with Crippen molar-refractivity contribution in [2.24, 2.45) is 0 Å². The lowest BCUT2D eigenvalue weighted by Crippen LogP contribution is -1.82. The van der Waals surface area contributed by atoms with Crippen molar-refractivity contribution in [2.45, 2.75) is 27.2 Å². The minimum absolute atomic E-state index is 1.00. The number of nitrogens with zero attached hydrogens (tertiary/aromatic N) is 2. The molecule has 0 saturated carbocycles. The van der Waals surface area contributed by atoms with Crippen LogP contribution in [0.4, 0.5) is 0 Å². The molecule has 0 N–H and O–H groups in total. The minimum Gasteiger partial charge on any atom is -0.241 e. The molecule has 0 unspecified atom stereocenters. The second-order valence-electron chi connectivity index (χ2n) is 7.10. The summed E-state index contributed by atoms with van der Waals surface area (Å²) in [7, 11) is 0. The predicted octanol–water partition coefficient (Wildman–Crippen LogP) is 7.42. The second-order valence-corrected chi connectivity index (χ2v) is 9.30. The summed E-state index contributed by atoms with van der Waals surface area (Å²) < 4.78 is 2.62. The average molecular weight is 401 g/mol. The van der Waals surface area contributed by atoms with Crippen LogP contribution in [0.25, 0.3) is 42.1 Å². The number of aromatic nitrogens is 2. The van der Waals surface area contributed by atoms with E-state index in [0.717, 1.165) is 27.5 Å². The molecule has 3 aromatic carbocycles. The SMILES string of the molecule is CCc1c2sc(C)nc2cc2nc(-c3ccc(-c4ccc(C)cc4)cc3)sc12. The Labute approximate surface area is 172 Å². The van der Waals surface area contributed by atoms with Crippen LogP contribution in [0.15, 0.2) is 54.6 Å². The maximum atomic E-state index is 4.95. The molecule has 4 heteroatoms. The van der Waals surface area contributed by atoms with Crippen LogP contribution >= 0.6 is 22.7 Å². The van der Waals surface area contributed by atoms with Gasteiger partial charge in [0, 0.05) is 5.56 Å². The topological polar surface area (TPSA) is 25.8 Å². The van der Waals surface area contributed by atoms with Crippen LogP contribution in [0.1, 0.15) is 23.1 Å². The number of hydrogen-bond donors (Lipinski definition) is 0. The van der Waals surface area contributed by atoms with Crippen LogP contribution in [0.5, 0.6) is 0 Å². The normalized spacial score (nSPS) is 11.5. The standard InChI is InChI=1S/C24H20N2S2/c1-4-19-22-20(25-15(3)27-22)13-21-23(19)28-24(26-21)18-11-9-17(10-12-18)16-7-5-14(2)6-8-16/h5-13H,4H2,1-3H3. The predicted molar refractivity (Wildman–Crippen MR) is 123 cm³/mol. The molecule has 2 heterocycles. The van der Waals surface area contributed by atoms with Gasteiger partial charge in [-0.15, -0.1) is 22.7 Å². The van der Waals surface area contributed by atoms with Gasteiger partial charge >= 0.3 is 0 Å². The summed E-state index contributed by atoms with van der Waals surface area (Å²) in [5.74, 6) is 0. The average Bonchev–Trinajstić information content (AvgIpc) is 3.29. The Bertz CT molecular complexity index is 1290. The first-order chi connectivity index (χ1) is 13.6. The van der Waals surface area contributed by atoms with Gasteiger partial charge in [-0.1, -0.05) is 61.0 Å². The van der Waals surface area contributed by atoms with Gasteiger partial charge < -0.3 is 0 Å². The first-order valence-electron chi connectivity index (χ1n) is 9.49. The van der Waals surface area contributed by atoms with Crippen LogP contribution in [0.2, 0.25) is 0 Å². The molecule has 0 aliphatic heterocycles. The van der Waals surface area contributed by atoms with Crippen LogP contribution in [0, 0.1) is 13.8 Å². The Morgan fingerprint density at radius 2 is 1.29 bits per heavy atom. The lowest BCUT2D eigenvalue weighted by Gasteiger charge is -2.03. The molecule has 2 aromatic heterocycles. The van der Waals surface area contributed by atoms with Gasteiger partial charge in [-0.3, -0.25) is 0 Å². The van der Waals surface area contributed by atoms with E-state index in [1.54, 1.807) is 22.7 Å². The summed E-state index contributed by atoms with van der Waals surface area (Å²) in [5, 5.41) is 2.20. The monoisotopic (exact) mass is 400 g/mol. The van der Waals surface area contributed by atoms with Crippen LogP contribution in [-0.2, 0) is 6.42 Å². The number of thiazole rings is 2. The molecule has 0 saturated heterocycles. The lowest BCUT2D eigenvalue weighted by molar-refractivity contribution is 1.18. The van der Waals surface area contributed by atoms with Crippen LogP contribution in [-0.4, -0.2) is 9.97 Å². The maximum Gasteiger partial charge on any atom is 0.124 e. The van der Waals surface area contributed by atoms with Gasteiger partial charge in [0.25, 0.3) is 0 Å². The molecule has 0 aliphatic carbocycles. The number of benzene rings is 3. The molecular formula is C24H20N2S2. The lowest BCUT2D eigenvalue weighted by atomic mass is 10.0. The summed E-state index contributed by atoms with van der Waals surface area (Å²) in [6.45, 7) is 6.41. The fourth-order valence-corrected chi connectivity index (χ4v) is 5.88. The molecule has 138 valence electrons. The number of aryl methyl sites for hydroxylation is 3. The van der Waals surface area contributed by atoms with Gasteiger partial charge in [0.15, 0.2) is 0 Å². The largest absolute Gasteiger partial charge is 0.241 e. The maximum absolute atomic E-state index is 4.95. The molecule has 28 heavy (non-hydrogen) atoms. The van der Waals surface area contributed by atoms with Crippen molar-refractivity contribution >= 4 is 43.1 Å². The van der Waals surface area contributed by atoms with E-state index < -0.39 is 0 Å². The highest BCUT2D eigenvalue weighted by atomic mass is 32.1. The van der Waals surface area contributed by atoms with Crippen molar-refractivity contribution in [2.75, 3.05) is 0 Å². The van der Waals surface area contributed by atoms with E-state index in [4.69, 9.17) is 4.98 Å². The van der Waals surface area contributed by atoms with Crippen molar-refractivity contribution in [3.8, 4) is 21.7 Å². The van der Waals surface area contributed by atoms with E-state index >= 15 is 0 Å². The third-order valence-corrected chi connectivity index (χ3v) is 7.33. The zero-order valence-corrected chi connectivity index (χ0v) is 17.7. The van der Waals surface area contributed by atoms with Gasteiger partial charge in [0.2, 0.25) is 0 Å². The van der Waals surface area contributed by atoms with Gasteiger partial charge in [0.1, 0.15) is 5.01 Å². The van der Waals surface area contributed by atoms with Crippen molar-refractivity contribution in [1.29, 1.82) is 0 Å². The minimum atomic E-state index is 1.00. The summed E-state index contributed by atoms with van der Waals surface area (Å²) in [5.41, 5.74) is 8.47. The van der Waals surface area contributed by atoms with Gasteiger partial charge in [-0.2, -0.15) is 0 Å². The van der Waals surface area contributed by atoms with E-state index in [1.807, 2.05) is 0 Å². The molecule has 5 rings (SSSR count). The molecule has 0 bridgehead atoms. The first kappa shape index (κ1) is 17.5. The molecule has 0 radical (unpaired) electrons. The van der Waals surface area contributed by atoms with Crippen LogP contribution in [0.3, 0.4) is 0 Å². The number of fused-ring (bicyclic) bond motifs is 2. The smallest absolute Gasteiger partial charge is 0.124 e.